The van der Waals surface area contributed by atoms with E-state index in [1.165, 1.54) is 52.3 Å². The van der Waals surface area contributed by atoms with Crippen LogP contribution in [0.15, 0.2) is 53.4 Å². The average molecular weight is 427 g/mol. The van der Waals surface area contributed by atoms with E-state index in [1.54, 1.807) is 12.1 Å². The number of aryl methyl sites for hydroxylation is 1. The number of sulfonamides is 1. The molecule has 2 heterocycles. The van der Waals surface area contributed by atoms with Gasteiger partial charge in [0.05, 0.1) is 19.1 Å². The Morgan fingerprint density at radius 1 is 1.00 bits per heavy atom. The van der Waals surface area contributed by atoms with Crippen molar-refractivity contribution >= 4 is 26.5 Å². The normalized spacial score (nSPS) is 15.3. The first-order valence-electron chi connectivity index (χ1n) is 9.84. The van der Waals surface area contributed by atoms with Gasteiger partial charge >= 0.3 is 0 Å². The molecule has 0 unspecified atom stereocenters. The molecular formula is C23H26N2O4S. The van der Waals surface area contributed by atoms with Gasteiger partial charge in [-0.2, -0.15) is 4.31 Å². The predicted molar refractivity (Wildman–Crippen MR) is 119 cm³/mol. The minimum absolute atomic E-state index is 0.207. The lowest BCUT2D eigenvalue weighted by Gasteiger charge is -2.26. The molecule has 0 atom stereocenters. The maximum Gasteiger partial charge on any atom is 0.243 e. The fourth-order valence-electron chi connectivity index (χ4n) is 4.15. The second-order valence-corrected chi connectivity index (χ2v) is 9.33. The Hall–Kier alpha value is -2.77. The number of benzene rings is 2. The zero-order valence-corrected chi connectivity index (χ0v) is 18.5. The highest BCUT2D eigenvalue weighted by atomic mass is 32.2. The Balaban J connectivity index is 1.65. The van der Waals surface area contributed by atoms with Crippen LogP contribution in [-0.4, -0.2) is 44.6 Å². The monoisotopic (exact) mass is 426 g/mol. The van der Waals surface area contributed by atoms with Crippen LogP contribution in [0, 0.1) is 6.92 Å². The van der Waals surface area contributed by atoms with Crippen LogP contribution in [0.3, 0.4) is 0 Å². The lowest BCUT2D eigenvalue weighted by atomic mass is 9.97. The van der Waals surface area contributed by atoms with E-state index < -0.39 is 10.0 Å². The molecule has 3 aromatic rings. The molecule has 6 nitrogen and oxygen atoms in total. The van der Waals surface area contributed by atoms with Crippen molar-refractivity contribution < 1.29 is 17.9 Å². The van der Waals surface area contributed by atoms with Gasteiger partial charge in [-0.3, -0.25) is 0 Å². The standard InChI is InChI=1S/C23H26N2O4S/c1-16-23(19-7-5-6-8-20(19)24(16)2)17-11-13-25(14-12-17)30(26,27)18-9-10-21(28-3)22(15-18)29-4/h5-11,15H,12-14H2,1-4H3. The predicted octanol–water partition coefficient (Wildman–Crippen LogP) is 3.98. The maximum atomic E-state index is 13.2. The molecule has 0 saturated heterocycles. The van der Waals surface area contributed by atoms with Crippen molar-refractivity contribution in [1.29, 1.82) is 0 Å². The number of aromatic nitrogens is 1. The first kappa shape index (κ1) is 20.5. The molecule has 0 aliphatic carbocycles. The van der Waals surface area contributed by atoms with Crippen LogP contribution in [0.2, 0.25) is 0 Å². The van der Waals surface area contributed by atoms with Gasteiger partial charge in [0.15, 0.2) is 11.5 Å². The van der Waals surface area contributed by atoms with Gasteiger partial charge in [0.2, 0.25) is 10.0 Å². The molecule has 0 N–H and O–H groups in total. The molecular weight excluding hydrogens is 400 g/mol. The smallest absolute Gasteiger partial charge is 0.243 e. The molecule has 4 rings (SSSR count). The number of rotatable bonds is 5. The van der Waals surface area contributed by atoms with E-state index in [2.05, 4.69) is 30.7 Å². The van der Waals surface area contributed by atoms with Crippen LogP contribution >= 0.6 is 0 Å². The SMILES string of the molecule is COc1ccc(S(=O)(=O)N2CC=C(c3c(C)n(C)c4ccccc34)CC2)cc1OC. The number of hydrogen-bond acceptors (Lipinski definition) is 4. The van der Waals surface area contributed by atoms with Crippen molar-refractivity contribution in [1.82, 2.24) is 8.87 Å². The molecule has 2 aromatic carbocycles. The molecule has 0 fully saturated rings. The van der Waals surface area contributed by atoms with Crippen molar-refractivity contribution in [3.05, 3.63) is 59.8 Å². The van der Waals surface area contributed by atoms with Gasteiger partial charge in [0, 0.05) is 48.4 Å². The highest BCUT2D eigenvalue weighted by Gasteiger charge is 2.28. The number of hydrogen-bond donors (Lipinski definition) is 0. The quantitative estimate of drug-likeness (QED) is 0.619. The van der Waals surface area contributed by atoms with E-state index in [4.69, 9.17) is 9.47 Å². The van der Waals surface area contributed by atoms with Gasteiger partial charge in [-0.25, -0.2) is 8.42 Å². The molecule has 0 bridgehead atoms. The fraction of sp³-hybridized carbons (Fsp3) is 0.304. The molecule has 0 amide bonds. The van der Waals surface area contributed by atoms with Crippen molar-refractivity contribution in [3.8, 4) is 11.5 Å². The van der Waals surface area contributed by atoms with Gasteiger partial charge in [0.1, 0.15) is 0 Å². The summed E-state index contributed by atoms with van der Waals surface area (Å²) in [6.07, 6.45) is 2.71. The Morgan fingerprint density at radius 2 is 1.73 bits per heavy atom. The summed E-state index contributed by atoms with van der Waals surface area (Å²) >= 11 is 0. The lowest BCUT2D eigenvalue weighted by molar-refractivity contribution is 0.353. The minimum atomic E-state index is -3.62. The van der Waals surface area contributed by atoms with E-state index in [9.17, 15) is 8.42 Å². The maximum absolute atomic E-state index is 13.2. The first-order chi connectivity index (χ1) is 14.4. The van der Waals surface area contributed by atoms with E-state index in [0.717, 1.165) is 0 Å². The minimum Gasteiger partial charge on any atom is -0.493 e. The van der Waals surface area contributed by atoms with Gasteiger partial charge < -0.3 is 14.0 Å². The molecule has 0 spiro atoms. The van der Waals surface area contributed by atoms with E-state index in [0.29, 0.717) is 31.0 Å². The van der Waals surface area contributed by atoms with E-state index in [-0.39, 0.29) is 4.90 Å². The average Bonchev–Trinajstić information content (AvgIpc) is 3.03. The molecule has 7 heteroatoms. The van der Waals surface area contributed by atoms with Gasteiger partial charge in [-0.15, -0.1) is 0 Å². The molecule has 1 aliphatic heterocycles. The number of ether oxygens (including phenoxy) is 2. The molecule has 0 saturated carbocycles. The van der Waals surface area contributed by atoms with Crippen LogP contribution in [0.1, 0.15) is 17.7 Å². The Labute approximate surface area is 177 Å². The zero-order valence-electron chi connectivity index (χ0n) is 17.7. The number of fused-ring (bicyclic) bond motifs is 1. The van der Waals surface area contributed by atoms with Crippen molar-refractivity contribution in [3.63, 3.8) is 0 Å². The number of nitrogens with zero attached hydrogens (tertiary/aromatic N) is 2. The van der Waals surface area contributed by atoms with E-state index in [1.807, 2.05) is 18.2 Å². The highest BCUT2D eigenvalue weighted by molar-refractivity contribution is 7.89. The summed E-state index contributed by atoms with van der Waals surface area (Å²) in [7, 11) is 1.47. The first-order valence-corrected chi connectivity index (χ1v) is 11.3. The third kappa shape index (κ3) is 3.28. The summed E-state index contributed by atoms with van der Waals surface area (Å²) in [5, 5.41) is 1.21. The third-order valence-corrected chi connectivity index (χ3v) is 7.75. The van der Waals surface area contributed by atoms with Gasteiger partial charge in [-0.1, -0.05) is 24.3 Å². The Kier molecular flexibility index (Phi) is 5.34. The van der Waals surface area contributed by atoms with Crippen LogP contribution in [0.4, 0.5) is 0 Å². The number of para-hydroxylation sites is 1. The van der Waals surface area contributed by atoms with Crippen LogP contribution < -0.4 is 9.47 Å². The van der Waals surface area contributed by atoms with Crippen LogP contribution in [0.5, 0.6) is 11.5 Å². The molecule has 0 radical (unpaired) electrons. The van der Waals surface area contributed by atoms with Crippen LogP contribution in [0.25, 0.3) is 16.5 Å². The zero-order chi connectivity index (χ0) is 21.5. The largest absolute Gasteiger partial charge is 0.493 e. The molecule has 158 valence electrons. The molecule has 1 aliphatic rings. The van der Waals surface area contributed by atoms with Gasteiger partial charge in [-0.05, 0) is 37.1 Å². The third-order valence-electron chi connectivity index (χ3n) is 5.89. The Bertz CT molecular complexity index is 1240. The summed E-state index contributed by atoms with van der Waals surface area (Å²) < 4.78 is 40.5. The summed E-state index contributed by atoms with van der Waals surface area (Å²) in [6.45, 7) is 2.89. The number of methoxy groups -OCH3 is 2. The summed E-state index contributed by atoms with van der Waals surface area (Å²) in [4.78, 5) is 0.207. The molecule has 1 aromatic heterocycles. The Morgan fingerprint density at radius 3 is 2.40 bits per heavy atom. The second-order valence-electron chi connectivity index (χ2n) is 7.40. The summed E-state index contributed by atoms with van der Waals surface area (Å²) in [6, 6.07) is 13.0. The van der Waals surface area contributed by atoms with Crippen molar-refractivity contribution in [2.75, 3.05) is 27.3 Å². The van der Waals surface area contributed by atoms with Gasteiger partial charge in [0.25, 0.3) is 0 Å². The van der Waals surface area contributed by atoms with Crippen LogP contribution in [-0.2, 0) is 17.1 Å². The molecule has 30 heavy (non-hydrogen) atoms. The second kappa shape index (κ2) is 7.81. The summed E-state index contributed by atoms with van der Waals surface area (Å²) in [5.41, 5.74) is 4.80. The topological polar surface area (TPSA) is 60.8 Å². The highest BCUT2D eigenvalue weighted by Crippen LogP contribution is 2.35. The van der Waals surface area contributed by atoms with Crippen molar-refractivity contribution in [2.24, 2.45) is 7.05 Å². The summed E-state index contributed by atoms with van der Waals surface area (Å²) in [5.74, 6) is 0.905. The van der Waals surface area contributed by atoms with E-state index >= 15 is 0 Å². The van der Waals surface area contributed by atoms with Crippen molar-refractivity contribution in [2.45, 2.75) is 18.2 Å². The fourth-order valence-corrected chi connectivity index (χ4v) is 5.54. The lowest BCUT2D eigenvalue weighted by Crippen LogP contribution is -2.34.